The van der Waals surface area contributed by atoms with E-state index in [2.05, 4.69) is 9.72 Å². The Morgan fingerprint density at radius 3 is 2.43 bits per heavy atom. The maximum Gasteiger partial charge on any atom is 0.416 e. The van der Waals surface area contributed by atoms with E-state index < -0.39 is 17.7 Å². The van der Waals surface area contributed by atoms with Gasteiger partial charge in [0.15, 0.2) is 0 Å². The molecule has 0 aliphatic carbocycles. The number of carbonyl (C=O) groups is 1. The van der Waals surface area contributed by atoms with Crippen LogP contribution in [0, 0.1) is 0 Å². The molecule has 1 aromatic heterocycles. The summed E-state index contributed by atoms with van der Waals surface area (Å²) >= 11 is 0. The molecule has 0 saturated carbocycles. The van der Waals surface area contributed by atoms with Crippen molar-refractivity contribution in [3.63, 3.8) is 0 Å². The third kappa shape index (κ3) is 3.12. The summed E-state index contributed by atoms with van der Waals surface area (Å²) in [6.07, 6.45) is -4.80. The Balaban J connectivity index is 2.65. The zero-order valence-corrected chi connectivity index (χ0v) is 11.7. The molecule has 1 aromatic carbocycles. The summed E-state index contributed by atoms with van der Waals surface area (Å²) < 4.78 is 48.7. The van der Waals surface area contributed by atoms with E-state index in [0.29, 0.717) is 5.39 Å². The minimum Gasteiger partial charge on any atom is -0.490 e. The molecule has 0 bridgehead atoms. The standard InChI is InChI=1S/C14H14F3NO3/c1-7(2)21-12-5-8(14(15,16)17)4-10-9(12)6-11(18-10)13(19)20-3/h4-7,18H,1-3H3. The number of rotatable bonds is 3. The maximum absolute atomic E-state index is 12.9. The summed E-state index contributed by atoms with van der Waals surface area (Å²) in [7, 11) is 1.19. The quantitative estimate of drug-likeness (QED) is 0.878. The lowest BCUT2D eigenvalue weighted by Gasteiger charge is -2.14. The molecule has 7 heteroatoms. The number of esters is 1. The van der Waals surface area contributed by atoms with Crippen molar-refractivity contribution in [2.75, 3.05) is 7.11 Å². The topological polar surface area (TPSA) is 51.3 Å². The lowest BCUT2D eigenvalue weighted by Crippen LogP contribution is -2.09. The number of carbonyl (C=O) groups excluding carboxylic acids is 1. The summed E-state index contributed by atoms with van der Waals surface area (Å²) in [5, 5.41) is 0.400. The van der Waals surface area contributed by atoms with Gasteiger partial charge in [0.05, 0.1) is 24.3 Å². The Morgan fingerprint density at radius 2 is 1.90 bits per heavy atom. The van der Waals surface area contributed by atoms with Crippen molar-refractivity contribution in [3.8, 4) is 5.75 Å². The van der Waals surface area contributed by atoms with E-state index in [1.807, 2.05) is 0 Å². The number of halogens is 3. The van der Waals surface area contributed by atoms with Gasteiger partial charge >= 0.3 is 12.1 Å². The highest BCUT2D eigenvalue weighted by atomic mass is 19.4. The SMILES string of the molecule is COC(=O)c1cc2c(OC(C)C)cc(C(F)(F)F)cc2[nH]1. The van der Waals surface area contributed by atoms with Crippen LogP contribution in [0.5, 0.6) is 5.75 Å². The van der Waals surface area contributed by atoms with Gasteiger partial charge in [-0.3, -0.25) is 0 Å². The number of methoxy groups -OCH3 is 1. The first kappa shape index (κ1) is 15.2. The Labute approximate surface area is 118 Å². The summed E-state index contributed by atoms with van der Waals surface area (Å²) in [5.74, 6) is -0.587. The monoisotopic (exact) mass is 301 g/mol. The van der Waals surface area contributed by atoms with Crippen molar-refractivity contribution in [1.29, 1.82) is 0 Å². The lowest BCUT2D eigenvalue weighted by atomic mass is 10.1. The minimum atomic E-state index is -4.50. The van der Waals surface area contributed by atoms with Crippen molar-refractivity contribution in [3.05, 3.63) is 29.5 Å². The molecule has 0 fully saturated rings. The normalized spacial score (nSPS) is 12.0. The van der Waals surface area contributed by atoms with Gasteiger partial charge < -0.3 is 14.5 Å². The molecule has 0 spiro atoms. The van der Waals surface area contributed by atoms with Gasteiger partial charge in [-0.1, -0.05) is 0 Å². The van der Waals surface area contributed by atoms with Crippen LogP contribution in [0.4, 0.5) is 13.2 Å². The van der Waals surface area contributed by atoms with Crippen molar-refractivity contribution in [1.82, 2.24) is 4.98 Å². The van der Waals surface area contributed by atoms with Crippen LogP contribution in [0.15, 0.2) is 18.2 Å². The fourth-order valence-corrected chi connectivity index (χ4v) is 1.94. The molecule has 1 N–H and O–H groups in total. The fourth-order valence-electron chi connectivity index (χ4n) is 1.94. The number of alkyl halides is 3. The molecule has 21 heavy (non-hydrogen) atoms. The Bertz CT molecular complexity index is 674. The molecule has 2 aromatic rings. The van der Waals surface area contributed by atoms with Crippen LogP contribution >= 0.6 is 0 Å². The predicted octanol–water partition coefficient (Wildman–Crippen LogP) is 3.76. The average molecular weight is 301 g/mol. The number of benzene rings is 1. The molecule has 0 unspecified atom stereocenters. The van der Waals surface area contributed by atoms with E-state index in [0.717, 1.165) is 12.1 Å². The van der Waals surface area contributed by atoms with Crippen molar-refractivity contribution in [2.45, 2.75) is 26.1 Å². The van der Waals surface area contributed by atoms with E-state index >= 15 is 0 Å². The molecule has 114 valence electrons. The number of fused-ring (bicyclic) bond motifs is 1. The summed E-state index contributed by atoms with van der Waals surface area (Å²) in [5.41, 5.74) is -0.606. The summed E-state index contributed by atoms with van der Waals surface area (Å²) in [6, 6.07) is 3.28. The zero-order valence-electron chi connectivity index (χ0n) is 11.7. The van der Waals surface area contributed by atoms with Crippen molar-refractivity contribution >= 4 is 16.9 Å². The summed E-state index contributed by atoms with van der Waals surface area (Å²) in [6.45, 7) is 3.42. The molecule has 0 saturated heterocycles. The van der Waals surface area contributed by atoms with Crippen LogP contribution in [0.2, 0.25) is 0 Å². The van der Waals surface area contributed by atoms with Crippen LogP contribution in [-0.2, 0) is 10.9 Å². The molecule has 0 aliphatic heterocycles. The van der Waals surface area contributed by atoms with Gasteiger partial charge in [-0.25, -0.2) is 4.79 Å². The number of hydrogen-bond donors (Lipinski definition) is 1. The maximum atomic E-state index is 12.9. The van der Waals surface area contributed by atoms with Gasteiger partial charge in [0.1, 0.15) is 11.4 Å². The second kappa shape index (κ2) is 5.31. The number of nitrogens with one attached hydrogen (secondary N) is 1. The first-order valence-electron chi connectivity index (χ1n) is 6.21. The van der Waals surface area contributed by atoms with E-state index in [1.54, 1.807) is 13.8 Å². The third-order valence-electron chi connectivity index (χ3n) is 2.80. The van der Waals surface area contributed by atoms with Crippen molar-refractivity contribution in [2.24, 2.45) is 0 Å². The van der Waals surface area contributed by atoms with E-state index in [-0.39, 0.29) is 23.1 Å². The number of ether oxygens (including phenoxy) is 2. The average Bonchev–Trinajstić information content (AvgIpc) is 2.80. The Hall–Kier alpha value is -2.18. The molecule has 0 aliphatic rings. The molecule has 0 amide bonds. The minimum absolute atomic E-state index is 0.0698. The van der Waals surface area contributed by atoms with Gasteiger partial charge in [-0.05, 0) is 32.0 Å². The molecule has 4 nitrogen and oxygen atoms in total. The Morgan fingerprint density at radius 1 is 1.24 bits per heavy atom. The summed E-state index contributed by atoms with van der Waals surface area (Å²) in [4.78, 5) is 14.1. The fraction of sp³-hybridized carbons (Fsp3) is 0.357. The highest BCUT2D eigenvalue weighted by Gasteiger charge is 2.32. The lowest BCUT2D eigenvalue weighted by molar-refractivity contribution is -0.137. The molecule has 0 radical (unpaired) electrons. The van der Waals surface area contributed by atoms with Gasteiger partial charge in [0.25, 0.3) is 0 Å². The largest absolute Gasteiger partial charge is 0.490 e. The van der Waals surface area contributed by atoms with Gasteiger partial charge in [-0.15, -0.1) is 0 Å². The number of aromatic nitrogens is 1. The number of H-pyrrole nitrogens is 1. The van der Waals surface area contributed by atoms with Crippen LogP contribution in [0.3, 0.4) is 0 Å². The second-order valence-corrected chi connectivity index (χ2v) is 4.77. The van der Waals surface area contributed by atoms with Crippen LogP contribution < -0.4 is 4.74 Å². The van der Waals surface area contributed by atoms with Crippen LogP contribution in [0.25, 0.3) is 10.9 Å². The Kier molecular flexibility index (Phi) is 3.85. The van der Waals surface area contributed by atoms with Gasteiger partial charge in [0.2, 0.25) is 0 Å². The first-order chi connectivity index (χ1) is 9.72. The van der Waals surface area contributed by atoms with E-state index in [1.165, 1.54) is 13.2 Å². The van der Waals surface area contributed by atoms with Crippen LogP contribution in [0.1, 0.15) is 29.9 Å². The third-order valence-corrected chi connectivity index (χ3v) is 2.80. The first-order valence-corrected chi connectivity index (χ1v) is 6.21. The zero-order chi connectivity index (χ0) is 15.8. The van der Waals surface area contributed by atoms with Crippen molar-refractivity contribution < 1.29 is 27.4 Å². The number of hydrogen-bond acceptors (Lipinski definition) is 3. The van der Waals surface area contributed by atoms with Gasteiger partial charge in [0, 0.05) is 5.39 Å². The highest BCUT2D eigenvalue weighted by molar-refractivity contribution is 5.97. The van der Waals surface area contributed by atoms with E-state index in [9.17, 15) is 18.0 Å². The predicted molar refractivity (Wildman–Crippen MR) is 70.4 cm³/mol. The molecular weight excluding hydrogens is 287 g/mol. The molecule has 2 rings (SSSR count). The van der Waals surface area contributed by atoms with E-state index in [4.69, 9.17) is 4.74 Å². The molecular formula is C14H14F3NO3. The molecule has 0 atom stereocenters. The smallest absolute Gasteiger partial charge is 0.416 e. The second-order valence-electron chi connectivity index (χ2n) is 4.77. The number of aromatic amines is 1. The highest BCUT2D eigenvalue weighted by Crippen LogP contribution is 2.37. The van der Waals surface area contributed by atoms with Crippen LogP contribution in [-0.4, -0.2) is 24.2 Å². The molecule has 1 heterocycles. The van der Waals surface area contributed by atoms with Gasteiger partial charge in [-0.2, -0.15) is 13.2 Å².